The van der Waals surface area contributed by atoms with Gasteiger partial charge in [-0.05, 0) is 38.7 Å². The normalized spacial score (nSPS) is 22.3. The molecule has 156 valence electrons. The molecular weight excluding hydrogens is 366 g/mol. The molecule has 1 N–H and O–H groups in total. The smallest absolute Gasteiger partial charge is 0.249 e. The molecule has 1 aromatic heterocycles. The van der Waals surface area contributed by atoms with E-state index in [1.54, 1.807) is 11.1 Å². The van der Waals surface area contributed by atoms with E-state index >= 15 is 0 Å². The molecule has 0 aromatic carbocycles. The van der Waals surface area contributed by atoms with Crippen LogP contribution in [0, 0.1) is 0 Å². The van der Waals surface area contributed by atoms with Crippen LogP contribution >= 0.6 is 0 Å². The molecule has 7 heteroatoms. The van der Waals surface area contributed by atoms with Crippen molar-refractivity contribution >= 4 is 23.4 Å². The number of aromatic nitrogens is 2. The number of rotatable bonds is 6. The van der Waals surface area contributed by atoms with Gasteiger partial charge in [-0.15, -0.1) is 0 Å². The van der Waals surface area contributed by atoms with Gasteiger partial charge in [0, 0.05) is 19.5 Å². The number of hydrogen-bond donors (Lipinski definition) is 1. The van der Waals surface area contributed by atoms with E-state index in [0.29, 0.717) is 18.6 Å². The minimum Gasteiger partial charge on any atom is -0.496 e. The van der Waals surface area contributed by atoms with Crippen LogP contribution in [0.4, 0.5) is 17.5 Å². The van der Waals surface area contributed by atoms with E-state index in [1.165, 1.54) is 12.8 Å². The van der Waals surface area contributed by atoms with Gasteiger partial charge in [-0.2, -0.15) is 4.98 Å². The molecule has 2 aliphatic carbocycles. The summed E-state index contributed by atoms with van der Waals surface area (Å²) in [6, 6.07) is 0.206. The minimum absolute atomic E-state index is 0.132. The lowest BCUT2D eigenvalue weighted by atomic mass is 10.0. The maximum absolute atomic E-state index is 13.0. The summed E-state index contributed by atoms with van der Waals surface area (Å²) in [5.74, 6) is 2.49. The van der Waals surface area contributed by atoms with Crippen molar-refractivity contribution in [2.75, 3.05) is 28.8 Å². The highest BCUT2D eigenvalue weighted by atomic mass is 16.5. The zero-order chi connectivity index (χ0) is 20.4. The Kier molecular flexibility index (Phi) is 5.74. The van der Waals surface area contributed by atoms with Crippen molar-refractivity contribution in [1.29, 1.82) is 0 Å². The fraction of sp³-hybridized carbons (Fsp3) is 0.591. The van der Waals surface area contributed by atoms with Gasteiger partial charge in [0.2, 0.25) is 11.9 Å². The molecule has 0 saturated heterocycles. The summed E-state index contributed by atoms with van der Waals surface area (Å²) in [4.78, 5) is 26.4. The number of nitrogens with zero attached hydrogens (tertiary/aromatic N) is 4. The molecule has 29 heavy (non-hydrogen) atoms. The van der Waals surface area contributed by atoms with Crippen LogP contribution in [0.5, 0.6) is 0 Å². The summed E-state index contributed by atoms with van der Waals surface area (Å²) in [7, 11) is 1.83. The number of ether oxygens (including phenoxy) is 1. The number of anilines is 3. The molecule has 1 amide bonds. The van der Waals surface area contributed by atoms with Gasteiger partial charge < -0.3 is 19.9 Å². The van der Waals surface area contributed by atoms with E-state index in [9.17, 15) is 4.79 Å². The first kappa shape index (κ1) is 19.7. The SMILES string of the molecule is CCOC1=C(Nc2ncc3c(n2)N(C2CCCC2)[C@H](CC)C(=O)N3C)C=CCC1. The molecular formula is C22H31N5O2. The molecule has 0 radical (unpaired) electrons. The molecule has 4 rings (SSSR count). The van der Waals surface area contributed by atoms with Crippen molar-refractivity contribution in [2.24, 2.45) is 0 Å². The van der Waals surface area contributed by atoms with E-state index in [1.807, 2.05) is 20.0 Å². The standard InChI is InChI=1S/C22H31N5O2/c1-4-17-21(28)26(3)18-14-23-22(24-16-12-8-9-13-19(16)29-5-2)25-20(18)27(17)15-10-6-7-11-15/h8,12,14-15,17H,4-7,9-11,13H2,1-3H3,(H,23,24,25)/t17-/m1/s1. The first-order valence-corrected chi connectivity index (χ1v) is 10.9. The van der Waals surface area contributed by atoms with Crippen molar-refractivity contribution in [2.45, 2.75) is 70.9 Å². The van der Waals surface area contributed by atoms with Gasteiger partial charge in [0.25, 0.3) is 0 Å². The molecule has 1 atom stereocenters. The molecule has 1 fully saturated rings. The Balaban J connectivity index is 1.71. The second-order valence-electron chi connectivity index (χ2n) is 7.91. The fourth-order valence-corrected chi connectivity index (χ4v) is 4.64. The number of carbonyl (C=O) groups excluding carboxylic acids is 1. The molecule has 0 unspecified atom stereocenters. The lowest BCUT2D eigenvalue weighted by Crippen LogP contribution is -2.55. The summed E-state index contributed by atoms with van der Waals surface area (Å²) in [5, 5.41) is 3.35. The van der Waals surface area contributed by atoms with Gasteiger partial charge in [0.1, 0.15) is 17.5 Å². The number of amides is 1. The van der Waals surface area contributed by atoms with Crippen molar-refractivity contribution in [3.8, 4) is 0 Å². The quantitative estimate of drug-likeness (QED) is 0.783. The Hall–Kier alpha value is -2.57. The highest BCUT2D eigenvalue weighted by Crippen LogP contribution is 2.40. The largest absolute Gasteiger partial charge is 0.496 e. The predicted molar refractivity (Wildman–Crippen MR) is 115 cm³/mol. The Morgan fingerprint density at radius 2 is 2.07 bits per heavy atom. The lowest BCUT2D eigenvalue weighted by molar-refractivity contribution is -0.120. The van der Waals surface area contributed by atoms with Gasteiger partial charge in [-0.25, -0.2) is 4.98 Å². The van der Waals surface area contributed by atoms with Crippen LogP contribution in [0.15, 0.2) is 29.8 Å². The summed E-state index contributed by atoms with van der Waals surface area (Å²) in [6.07, 6.45) is 13.2. The Morgan fingerprint density at radius 1 is 1.28 bits per heavy atom. The third kappa shape index (κ3) is 3.70. The first-order chi connectivity index (χ1) is 14.1. The van der Waals surface area contributed by atoms with Crippen LogP contribution in [-0.2, 0) is 9.53 Å². The lowest BCUT2D eigenvalue weighted by Gasteiger charge is -2.43. The second kappa shape index (κ2) is 8.43. The van der Waals surface area contributed by atoms with Crippen molar-refractivity contribution in [3.63, 3.8) is 0 Å². The number of hydrogen-bond acceptors (Lipinski definition) is 6. The highest BCUT2D eigenvalue weighted by molar-refractivity contribution is 6.04. The van der Waals surface area contributed by atoms with E-state index in [2.05, 4.69) is 28.2 Å². The minimum atomic E-state index is -0.161. The second-order valence-corrected chi connectivity index (χ2v) is 7.91. The predicted octanol–water partition coefficient (Wildman–Crippen LogP) is 3.99. The van der Waals surface area contributed by atoms with Crippen molar-refractivity contribution < 1.29 is 9.53 Å². The Labute approximate surface area is 172 Å². The van der Waals surface area contributed by atoms with Crippen LogP contribution in [0.2, 0.25) is 0 Å². The van der Waals surface area contributed by atoms with Crippen LogP contribution in [0.3, 0.4) is 0 Å². The topological polar surface area (TPSA) is 70.6 Å². The van der Waals surface area contributed by atoms with Crippen LogP contribution in [0.1, 0.15) is 58.8 Å². The van der Waals surface area contributed by atoms with Gasteiger partial charge in [0.05, 0.1) is 18.5 Å². The van der Waals surface area contributed by atoms with E-state index in [0.717, 1.165) is 55.1 Å². The molecule has 1 aliphatic heterocycles. The Bertz CT molecular complexity index is 828. The number of carbonyl (C=O) groups is 1. The van der Waals surface area contributed by atoms with Crippen LogP contribution in [-0.4, -0.2) is 41.6 Å². The summed E-state index contributed by atoms with van der Waals surface area (Å²) in [5.41, 5.74) is 1.70. The third-order valence-corrected chi connectivity index (χ3v) is 6.10. The maximum Gasteiger partial charge on any atom is 0.249 e. The number of nitrogens with one attached hydrogen (secondary N) is 1. The highest BCUT2D eigenvalue weighted by Gasteiger charge is 2.41. The van der Waals surface area contributed by atoms with Gasteiger partial charge in [0.15, 0.2) is 5.82 Å². The maximum atomic E-state index is 13.0. The van der Waals surface area contributed by atoms with Crippen molar-refractivity contribution in [3.05, 3.63) is 29.8 Å². The number of fused-ring (bicyclic) bond motifs is 1. The molecule has 0 spiro atoms. The molecule has 0 bridgehead atoms. The summed E-state index contributed by atoms with van der Waals surface area (Å²) < 4.78 is 5.80. The number of likely N-dealkylation sites (N-methyl/N-ethyl adjacent to an activating group) is 1. The summed E-state index contributed by atoms with van der Waals surface area (Å²) in [6.45, 7) is 4.71. The molecule has 1 saturated carbocycles. The van der Waals surface area contributed by atoms with Crippen LogP contribution in [0.25, 0.3) is 0 Å². The average molecular weight is 398 g/mol. The third-order valence-electron chi connectivity index (χ3n) is 6.10. The van der Waals surface area contributed by atoms with Gasteiger partial charge in [-0.1, -0.05) is 25.8 Å². The molecule has 3 aliphatic rings. The Morgan fingerprint density at radius 3 is 2.79 bits per heavy atom. The zero-order valence-electron chi connectivity index (χ0n) is 17.6. The van der Waals surface area contributed by atoms with E-state index in [-0.39, 0.29) is 11.9 Å². The fourth-order valence-electron chi connectivity index (χ4n) is 4.64. The first-order valence-electron chi connectivity index (χ1n) is 10.9. The van der Waals surface area contributed by atoms with E-state index < -0.39 is 0 Å². The zero-order valence-corrected chi connectivity index (χ0v) is 17.6. The monoisotopic (exact) mass is 397 g/mol. The van der Waals surface area contributed by atoms with Crippen LogP contribution < -0.4 is 15.1 Å². The van der Waals surface area contributed by atoms with E-state index in [4.69, 9.17) is 9.72 Å². The average Bonchev–Trinajstić information content (AvgIpc) is 3.26. The number of allylic oxidation sites excluding steroid dienone is 3. The van der Waals surface area contributed by atoms with Gasteiger partial charge in [-0.3, -0.25) is 4.79 Å². The molecule has 2 heterocycles. The van der Waals surface area contributed by atoms with Crippen molar-refractivity contribution in [1.82, 2.24) is 9.97 Å². The summed E-state index contributed by atoms with van der Waals surface area (Å²) >= 11 is 0. The van der Waals surface area contributed by atoms with Gasteiger partial charge >= 0.3 is 0 Å². The molecule has 1 aromatic rings. The molecule has 7 nitrogen and oxygen atoms in total.